The fourth-order valence-corrected chi connectivity index (χ4v) is 7.05. The van der Waals surface area contributed by atoms with E-state index >= 15 is 0 Å². The highest BCUT2D eigenvalue weighted by Crippen LogP contribution is 2.53. The van der Waals surface area contributed by atoms with Crippen LogP contribution in [0.5, 0.6) is 0 Å². The van der Waals surface area contributed by atoms with E-state index in [0.29, 0.717) is 16.7 Å². The summed E-state index contributed by atoms with van der Waals surface area (Å²) >= 11 is 0. The Morgan fingerprint density at radius 3 is 2.02 bits per heavy atom. The van der Waals surface area contributed by atoms with Crippen LogP contribution in [0.2, 0.25) is 0 Å². The molecule has 44 heavy (non-hydrogen) atoms. The second-order valence-electron chi connectivity index (χ2n) is 12.2. The van der Waals surface area contributed by atoms with Gasteiger partial charge in [0.25, 0.3) is 0 Å². The van der Waals surface area contributed by atoms with Crippen molar-refractivity contribution in [3.63, 3.8) is 0 Å². The van der Waals surface area contributed by atoms with Crippen LogP contribution >= 0.6 is 0 Å². The van der Waals surface area contributed by atoms with Crippen LogP contribution in [-0.4, -0.2) is 11.6 Å². The van der Waals surface area contributed by atoms with E-state index in [1.807, 2.05) is 66.7 Å². The zero-order valence-corrected chi connectivity index (χ0v) is 24.4. The van der Waals surface area contributed by atoms with Gasteiger partial charge in [0.05, 0.1) is 16.9 Å². The maximum Gasteiger partial charge on any atom is 0.197 e. The number of anilines is 3. The van der Waals surface area contributed by atoms with Gasteiger partial charge in [-0.2, -0.15) is 0 Å². The molecule has 212 valence electrons. The Balaban J connectivity index is 1.26. The molecule has 6 aromatic carbocycles. The standard InChI is InChI=1S/C40H28FNO2/c1-40(2)34-9-5-6-10-35(34)42(29-15-11-24(23-41)12-16-29)36-18-14-28-19-25(13-17-30(28)37(36)40)20-33-38(43)31-21-26-7-3-4-8-27(26)22-32(31)39(33)44/h3-22H,23H2,1-2H3. The van der Waals surface area contributed by atoms with E-state index < -0.39 is 6.67 Å². The first-order valence-corrected chi connectivity index (χ1v) is 14.8. The summed E-state index contributed by atoms with van der Waals surface area (Å²) in [6, 6.07) is 37.9. The largest absolute Gasteiger partial charge is 0.310 e. The molecule has 8 rings (SSSR count). The van der Waals surface area contributed by atoms with Gasteiger partial charge in [0, 0.05) is 22.2 Å². The number of ketones is 2. The van der Waals surface area contributed by atoms with Gasteiger partial charge in [-0.05, 0) is 92.3 Å². The first kappa shape index (κ1) is 26.3. The predicted octanol–water partition coefficient (Wildman–Crippen LogP) is 10.0. The number of alkyl halides is 1. The summed E-state index contributed by atoms with van der Waals surface area (Å²) < 4.78 is 13.3. The smallest absolute Gasteiger partial charge is 0.197 e. The van der Waals surface area contributed by atoms with E-state index in [2.05, 4.69) is 67.3 Å². The summed E-state index contributed by atoms with van der Waals surface area (Å²) in [6.45, 7) is 4.00. The minimum Gasteiger partial charge on any atom is -0.310 e. The molecule has 0 atom stereocenters. The lowest BCUT2D eigenvalue weighted by molar-refractivity contribution is 0.0990. The van der Waals surface area contributed by atoms with Crippen molar-refractivity contribution in [1.29, 1.82) is 0 Å². The summed E-state index contributed by atoms with van der Waals surface area (Å²) in [7, 11) is 0. The first-order valence-electron chi connectivity index (χ1n) is 14.8. The number of Topliss-reactive ketones (excluding diaryl/α,β-unsaturated/α-hetero) is 2. The Morgan fingerprint density at radius 1 is 0.682 bits per heavy atom. The lowest BCUT2D eigenvalue weighted by atomic mass is 9.71. The number of carbonyl (C=O) groups excluding carboxylic acids is 2. The Kier molecular flexibility index (Phi) is 5.73. The van der Waals surface area contributed by atoms with Crippen molar-refractivity contribution in [2.45, 2.75) is 25.9 Å². The number of benzene rings is 6. The summed E-state index contributed by atoms with van der Waals surface area (Å²) in [5.74, 6) is -0.457. The van der Waals surface area contributed by atoms with Gasteiger partial charge in [0.1, 0.15) is 6.67 Å². The monoisotopic (exact) mass is 573 g/mol. The van der Waals surface area contributed by atoms with Crippen LogP contribution in [0.1, 0.15) is 56.8 Å². The summed E-state index contributed by atoms with van der Waals surface area (Å²) in [5.41, 5.74) is 7.82. The summed E-state index contributed by atoms with van der Waals surface area (Å²) in [4.78, 5) is 29.1. The SMILES string of the molecule is CC1(C)c2ccccc2N(c2ccc(CF)cc2)c2ccc3cc(C=C4C(=O)c5cc6ccccc6cc5C4=O)ccc3c21. The second kappa shape index (κ2) is 9.58. The molecule has 6 aromatic rings. The van der Waals surface area contributed by atoms with Crippen molar-refractivity contribution in [3.05, 3.63) is 154 Å². The number of fused-ring (bicyclic) bond motifs is 6. The van der Waals surface area contributed by atoms with Crippen molar-refractivity contribution in [1.82, 2.24) is 0 Å². The molecule has 1 aliphatic heterocycles. The maximum absolute atomic E-state index is 13.4. The molecule has 2 aliphatic rings. The third-order valence-electron chi connectivity index (χ3n) is 9.23. The Labute approximate surface area is 254 Å². The van der Waals surface area contributed by atoms with Crippen LogP contribution in [-0.2, 0) is 12.1 Å². The molecule has 0 aromatic heterocycles. The average Bonchev–Trinajstić information content (AvgIpc) is 3.27. The predicted molar refractivity (Wildman–Crippen MR) is 176 cm³/mol. The van der Waals surface area contributed by atoms with Gasteiger partial charge in [-0.1, -0.05) is 86.6 Å². The highest BCUT2D eigenvalue weighted by atomic mass is 19.1. The quantitative estimate of drug-likeness (QED) is 0.156. The fraction of sp³-hybridized carbons (Fsp3) is 0.100. The molecule has 1 aliphatic carbocycles. The molecule has 0 unspecified atom stereocenters. The van der Waals surface area contributed by atoms with Gasteiger partial charge in [-0.3, -0.25) is 9.59 Å². The topological polar surface area (TPSA) is 37.4 Å². The molecule has 0 radical (unpaired) electrons. The fourth-order valence-electron chi connectivity index (χ4n) is 7.05. The third-order valence-corrected chi connectivity index (χ3v) is 9.23. The second-order valence-corrected chi connectivity index (χ2v) is 12.2. The van der Waals surface area contributed by atoms with Crippen LogP contribution < -0.4 is 4.90 Å². The lowest BCUT2D eigenvalue weighted by Gasteiger charge is -2.42. The van der Waals surface area contributed by atoms with Gasteiger partial charge in [-0.25, -0.2) is 4.39 Å². The molecule has 0 spiro atoms. The highest BCUT2D eigenvalue weighted by Gasteiger charge is 2.38. The molecule has 1 heterocycles. The van der Waals surface area contributed by atoms with Gasteiger partial charge in [0.2, 0.25) is 0 Å². The Morgan fingerprint density at radius 2 is 1.34 bits per heavy atom. The highest BCUT2D eigenvalue weighted by molar-refractivity contribution is 6.42. The molecular weight excluding hydrogens is 545 g/mol. The van der Waals surface area contributed by atoms with Gasteiger partial charge in [0.15, 0.2) is 11.6 Å². The number of rotatable bonds is 3. The van der Waals surface area contributed by atoms with E-state index in [0.717, 1.165) is 44.2 Å². The molecule has 0 saturated heterocycles. The van der Waals surface area contributed by atoms with E-state index in [4.69, 9.17) is 0 Å². The molecule has 0 N–H and O–H groups in total. The molecular formula is C40H28FNO2. The van der Waals surface area contributed by atoms with Crippen molar-refractivity contribution in [2.24, 2.45) is 0 Å². The number of allylic oxidation sites excluding steroid dienone is 1. The number of halogens is 1. The van der Waals surface area contributed by atoms with Gasteiger partial charge in [-0.15, -0.1) is 0 Å². The van der Waals surface area contributed by atoms with E-state index in [1.54, 1.807) is 6.08 Å². The van der Waals surface area contributed by atoms with E-state index in [1.165, 1.54) is 11.1 Å². The summed E-state index contributed by atoms with van der Waals surface area (Å²) in [5, 5.41) is 4.02. The normalized spacial score (nSPS) is 15.0. The van der Waals surface area contributed by atoms with Crippen LogP contribution in [0.3, 0.4) is 0 Å². The summed E-state index contributed by atoms with van der Waals surface area (Å²) in [6.07, 6.45) is 1.73. The number of para-hydroxylation sites is 1. The first-order chi connectivity index (χ1) is 21.3. The Hall–Kier alpha value is -5.35. The van der Waals surface area contributed by atoms with Crippen molar-refractivity contribution < 1.29 is 14.0 Å². The van der Waals surface area contributed by atoms with Gasteiger partial charge >= 0.3 is 0 Å². The average molecular weight is 574 g/mol. The minimum atomic E-state index is -0.496. The number of hydrogen-bond donors (Lipinski definition) is 0. The number of hydrogen-bond acceptors (Lipinski definition) is 3. The van der Waals surface area contributed by atoms with Crippen molar-refractivity contribution in [3.8, 4) is 0 Å². The Bertz CT molecular complexity index is 2170. The van der Waals surface area contributed by atoms with Crippen molar-refractivity contribution in [2.75, 3.05) is 4.90 Å². The van der Waals surface area contributed by atoms with E-state index in [-0.39, 0.29) is 22.6 Å². The molecule has 0 fully saturated rings. The molecule has 0 bridgehead atoms. The zero-order chi connectivity index (χ0) is 30.2. The van der Waals surface area contributed by atoms with Crippen LogP contribution in [0.15, 0.2) is 121 Å². The number of nitrogens with zero attached hydrogens (tertiary/aromatic N) is 1. The maximum atomic E-state index is 13.4. The zero-order valence-electron chi connectivity index (χ0n) is 24.4. The van der Waals surface area contributed by atoms with Crippen molar-refractivity contribution >= 4 is 56.2 Å². The van der Waals surface area contributed by atoms with E-state index in [9.17, 15) is 14.0 Å². The van der Waals surface area contributed by atoms with Crippen LogP contribution in [0.4, 0.5) is 21.5 Å². The molecule has 4 heteroatoms. The van der Waals surface area contributed by atoms with Crippen LogP contribution in [0.25, 0.3) is 27.6 Å². The molecule has 0 saturated carbocycles. The number of carbonyl (C=O) groups is 2. The van der Waals surface area contributed by atoms with Crippen LogP contribution in [0, 0.1) is 0 Å². The minimum absolute atomic E-state index is 0.199. The molecule has 3 nitrogen and oxygen atoms in total. The molecule has 0 amide bonds. The lowest BCUT2D eigenvalue weighted by Crippen LogP contribution is -2.30. The van der Waals surface area contributed by atoms with Gasteiger partial charge < -0.3 is 4.90 Å². The third kappa shape index (κ3) is 3.80.